The predicted molar refractivity (Wildman–Crippen MR) is 112 cm³/mol. The maximum absolute atomic E-state index is 12.0. The fraction of sp³-hybridized carbons (Fsp3) is 0.647. The standard InChI is InChI=1S/C17H27N5O7S2/c18-31(28,29)17-22-21-16(30-17)20-14(25)9-19-8-11-10(12(23)7-13(11)24)5-3-1-2-4-6-15(26)27/h1,3,10-13,19,23-24H,2,4-9H2,(H,26,27)(H2,18,28,29)(H,20,21,25)/b3-1-/t10-,11-,12+,13-/m1/s1. The van der Waals surface area contributed by atoms with Crippen LogP contribution in [0, 0.1) is 11.8 Å². The number of hydrogen-bond donors (Lipinski definition) is 6. The molecule has 1 amide bonds. The number of aliphatic hydroxyl groups excluding tert-OH is 2. The Bertz CT molecular complexity index is 889. The Hall–Kier alpha value is -1.97. The van der Waals surface area contributed by atoms with Crippen LogP contribution in [0.5, 0.6) is 0 Å². The minimum absolute atomic E-state index is 0.00180. The zero-order chi connectivity index (χ0) is 23.0. The molecular weight excluding hydrogens is 450 g/mol. The molecule has 4 atom stereocenters. The lowest BCUT2D eigenvalue weighted by atomic mass is 9.90. The Balaban J connectivity index is 1.78. The van der Waals surface area contributed by atoms with Crippen molar-refractivity contribution in [3.8, 4) is 0 Å². The highest BCUT2D eigenvalue weighted by Crippen LogP contribution is 2.35. The molecule has 1 aliphatic carbocycles. The summed E-state index contributed by atoms with van der Waals surface area (Å²) in [6, 6.07) is 0. The number of allylic oxidation sites excluding steroid dienone is 2. The van der Waals surface area contributed by atoms with Gasteiger partial charge in [-0.25, -0.2) is 13.6 Å². The molecule has 0 aliphatic heterocycles. The number of anilines is 1. The molecular formula is C17H27N5O7S2. The lowest BCUT2D eigenvalue weighted by Crippen LogP contribution is -2.36. The molecule has 0 unspecified atom stereocenters. The number of rotatable bonds is 12. The van der Waals surface area contributed by atoms with Crippen molar-refractivity contribution in [1.82, 2.24) is 15.5 Å². The van der Waals surface area contributed by atoms with Crippen LogP contribution in [0.1, 0.15) is 32.1 Å². The Morgan fingerprint density at radius 2 is 1.90 bits per heavy atom. The second kappa shape index (κ2) is 11.6. The van der Waals surface area contributed by atoms with Gasteiger partial charge in [0.2, 0.25) is 15.4 Å². The van der Waals surface area contributed by atoms with Crippen molar-refractivity contribution in [2.45, 2.75) is 48.7 Å². The van der Waals surface area contributed by atoms with Gasteiger partial charge in [-0.3, -0.25) is 14.9 Å². The number of unbranched alkanes of at least 4 members (excludes halogenated alkanes) is 1. The summed E-state index contributed by atoms with van der Waals surface area (Å²) in [5.74, 6) is -1.77. The topological polar surface area (TPSA) is 205 Å². The summed E-state index contributed by atoms with van der Waals surface area (Å²) >= 11 is 0.636. The lowest BCUT2D eigenvalue weighted by Gasteiger charge is -2.22. The van der Waals surface area contributed by atoms with Crippen molar-refractivity contribution in [2.24, 2.45) is 17.0 Å². The summed E-state index contributed by atoms with van der Waals surface area (Å²) in [6.45, 7) is 0.184. The number of nitrogens with two attached hydrogens (primary N) is 1. The molecule has 2 rings (SSSR count). The zero-order valence-electron chi connectivity index (χ0n) is 16.7. The minimum atomic E-state index is -3.99. The Labute approximate surface area is 183 Å². The molecule has 0 saturated heterocycles. The van der Waals surface area contributed by atoms with Crippen LogP contribution in [-0.4, -0.2) is 71.1 Å². The molecule has 1 saturated carbocycles. The number of nitrogens with one attached hydrogen (secondary N) is 2. The van der Waals surface area contributed by atoms with Crippen molar-refractivity contribution in [2.75, 3.05) is 18.4 Å². The molecule has 0 spiro atoms. The van der Waals surface area contributed by atoms with E-state index in [1.807, 2.05) is 12.2 Å². The molecule has 7 N–H and O–H groups in total. The summed E-state index contributed by atoms with van der Waals surface area (Å²) in [6.07, 6.45) is 4.41. The van der Waals surface area contributed by atoms with Gasteiger partial charge < -0.3 is 20.6 Å². The largest absolute Gasteiger partial charge is 0.481 e. The van der Waals surface area contributed by atoms with Gasteiger partial charge in [-0.15, -0.1) is 10.2 Å². The van der Waals surface area contributed by atoms with Crippen LogP contribution < -0.4 is 15.8 Å². The lowest BCUT2D eigenvalue weighted by molar-refractivity contribution is -0.137. The molecule has 1 aliphatic rings. The minimum Gasteiger partial charge on any atom is -0.481 e. The Morgan fingerprint density at radius 3 is 2.55 bits per heavy atom. The van der Waals surface area contributed by atoms with E-state index in [2.05, 4.69) is 20.8 Å². The van der Waals surface area contributed by atoms with Crippen molar-refractivity contribution < 1.29 is 33.3 Å². The van der Waals surface area contributed by atoms with Crippen molar-refractivity contribution in [1.29, 1.82) is 0 Å². The van der Waals surface area contributed by atoms with Gasteiger partial charge in [0.05, 0.1) is 18.8 Å². The van der Waals surface area contributed by atoms with Gasteiger partial charge in [0.1, 0.15) is 0 Å². The van der Waals surface area contributed by atoms with Crippen LogP contribution >= 0.6 is 11.3 Å². The number of hydrogen-bond acceptors (Lipinski definition) is 10. The SMILES string of the molecule is NS(=O)(=O)c1nnc(NC(=O)CNC[C@@H]2[C@@H](C/C=C\CCCC(=O)O)[C@@H](O)C[C@H]2O)s1. The normalized spacial score (nSPS) is 24.0. The second-order valence-corrected chi connectivity index (χ2v) is 10.0. The van der Waals surface area contributed by atoms with E-state index in [0.717, 1.165) is 0 Å². The van der Waals surface area contributed by atoms with E-state index >= 15 is 0 Å². The summed E-state index contributed by atoms with van der Waals surface area (Å²) in [5.41, 5.74) is 0. The van der Waals surface area contributed by atoms with Gasteiger partial charge in [0, 0.05) is 18.9 Å². The molecule has 0 aromatic carbocycles. The maximum Gasteiger partial charge on any atom is 0.303 e. The summed E-state index contributed by atoms with van der Waals surface area (Å²) in [4.78, 5) is 22.5. The van der Waals surface area contributed by atoms with E-state index in [-0.39, 0.29) is 36.4 Å². The first kappa shape index (κ1) is 25.3. The quantitative estimate of drug-likeness (QED) is 0.126. The van der Waals surface area contributed by atoms with Crippen LogP contribution in [0.3, 0.4) is 0 Å². The van der Waals surface area contributed by atoms with Crippen LogP contribution in [0.2, 0.25) is 0 Å². The first-order chi connectivity index (χ1) is 14.6. The van der Waals surface area contributed by atoms with Gasteiger partial charge in [0.15, 0.2) is 0 Å². The maximum atomic E-state index is 12.0. The molecule has 1 aromatic rings. The van der Waals surface area contributed by atoms with Crippen molar-refractivity contribution in [3.05, 3.63) is 12.2 Å². The molecule has 0 radical (unpaired) electrons. The molecule has 1 heterocycles. The van der Waals surface area contributed by atoms with E-state index in [4.69, 9.17) is 10.2 Å². The van der Waals surface area contributed by atoms with Gasteiger partial charge >= 0.3 is 5.97 Å². The smallest absolute Gasteiger partial charge is 0.303 e. The van der Waals surface area contributed by atoms with Crippen LogP contribution in [0.15, 0.2) is 16.5 Å². The zero-order valence-corrected chi connectivity index (χ0v) is 18.3. The third-order valence-corrected chi connectivity index (χ3v) is 7.07. The number of aromatic nitrogens is 2. The highest BCUT2D eigenvalue weighted by molar-refractivity contribution is 7.91. The molecule has 0 bridgehead atoms. The molecule has 12 nitrogen and oxygen atoms in total. The van der Waals surface area contributed by atoms with E-state index in [1.54, 1.807) is 0 Å². The van der Waals surface area contributed by atoms with E-state index in [9.17, 15) is 28.2 Å². The number of aliphatic carboxylic acids is 1. The van der Waals surface area contributed by atoms with Gasteiger partial charge in [-0.05, 0) is 31.6 Å². The van der Waals surface area contributed by atoms with Crippen molar-refractivity contribution >= 4 is 38.4 Å². The summed E-state index contributed by atoms with van der Waals surface area (Å²) in [7, 11) is -3.99. The fourth-order valence-corrected chi connectivity index (χ4v) is 4.77. The van der Waals surface area contributed by atoms with Gasteiger partial charge in [0.25, 0.3) is 10.0 Å². The molecule has 1 aromatic heterocycles. The number of carboxylic acids is 1. The third-order valence-electron chi connectivity index (χ3n) is 4.92. The highest BCUT2D eigenvalue weighted by Gasteiger charge is 2.40. The average Bonchev–Trinajstić information content (AvgIpc) is 3.23. The summed E-state index contributed by atoms with van der Waals surface area (Å²) in [5, 5.41) is 46.3. The third kappa shape index (κ3) is 8.23. The molecule has 174 valence electrons. The van der Waals surface area contributed by atoms with Gasteiger partial charge in [-0.1, -0.05) is 23.5 Å². The van der Waals surface area contributed by atoms with E-state index < -0.39 is 38.4 Å². The molecule has 31 heavy (non-hydrogen) atoms. The first-order valence-electron chi connectivity index (χ1n) is 9.67. The number of carbonyl (C=O) groups excluding carboxylic acids is 1. The number of primary sulfonamides is 1. The number of nitrogens with zero attached hydrogens (tertiary/aromatic N) is 2. The van der Waals surface area contributed by atoms with E-state index in [1.165, 1.54) is 0 Å². The highest BCUT2D eigenvalue weighted by atomic mass is 32.2. The fourth-order valence-electron chi connectivity index (χ4n) is 3.42. The predicted octanol–water partition coefficient (Wildman–Crippen LogP) is -0.727. The van der Waals surface area contributed by atoms with Crippen LogP contribution in [-0.2, 0) is 19.6 Å². The van der Waals surface area contributed by atoms with Gasteiger partial charge in [-0.2, -0.15) is 0 Å². The van der Waals surface area contributed by atoms with E-state index in [0.29, 0.717) is 37.1 Å². The first-order valence-corrected chi connectivity index (χ1v) is 12.0. The van der Waals surface area contributed by atoms with Crippen molar-refractivity contribution in [3.63, 3.8) is 0 Å². The number of amides is 1. The number of carbonyl (C=O) groups is 2. The Kier molecular flexibility index (Phi) is 9.46. The average molecular weight is 478 g/mol. The second-order valence-electron chi connectivity index (χ2n) is 7.29. The Morgan fingerprint density at radius 1 is 1.19 bits per heavy atom. The monoisotopic (exact) mass is 477 g/mol. The molecule has 1 fully saturated rings. The number of carboxylic acid groups (broad SMARTS) is 1. The van der Waals surface area contributed by atoms with Crippen LogP contribution in [0.4, 0.5) is 5.13 Å². The van der Waals surface area contributed by atoms with Crippen LogP contribution in [0.25, 0.3) is 0 Å². The molecule has 14 heteroatoms. The number of aliphatic hydroxyl groups is 2. The summed E-state index contributed by atoms with van der Waals surface area (Å²) < 4.78 is 22.0. The number of sulfonamides is 1.